The van der Waals surface area contributed by atoms with Crippen LogP contribution in [-0.2, 0) is 0 Å². The predicted molar refractivity (Wildman–Crippen MR) is 105 cm³/mol. The van der Waals surface area contributed by atoms with Crippen molar-refractivity contribution in [2.75, 3.05) is 0 Å². The Morgan fingerprint density at radius 3 is 2.20 bits per heavy atom. The van der Waals surface area contributed by atoms with E-state index in [-0.39, 0.29) is 12.1 Å². The maximum atomic E-state index is 11.6. The van der Waals surface area contributed by atoms with E-state index >= 15 is 0 Å². The molecule has 2 aromatic carbocycles. The predicted octanol–water partition coefficient (Wildman–Crippen LogP) is 4.47. The van der Waals surface area contributed by atoms with Gasteiger partial charge in [0.1, 0.15) is 0 Å². The molecule has 0 heterocycles. The van der Waals surface area contributed by atoms with E-state index in [1.165, 1.54) is 12.8 Å². The van der Waals surface area contributed by atoms with Crippen molar-refractivity contribution in [1.29, 1.82) is 0 Å². The van der Waals surface area contributed by atoms with Crippen LogP contribution in [0, 0.1) is 13.8 Å². The van der Waals surface area contributed by atoms with Crippen LogP contribution in [-0.4, -0.2) is 24.6 Å². The van der Waals surface area contributed by atoms with Crippen molar-refractivity contribution in [2.24, 2.45) is 10.7 Å². The van der Waals surface area contributed by atoms with E-state index in [2.05, 4.69) is 19.1 Å². The van der Waals surface area contributed by atoms with E-state index in [4.69, 9.17) is 10.7 Å². The molecular formula is C22H26N2O. The molecule has 0 radical (unpaired) electrons. The van der Waals surface area contributed by atoms with Crippen LogP contribution in [0.5, 0.6) is 0 Å². The number of hydrogen-bond acceptors (Lipinski definition) is 3. The van der Waals surface area contributed by atoms with Crippen molar-refractivity contribution in [3.8, 4) is 11.1 Å². The van der Waals surface area contributed by atoms with E-state index in [0.29, 0.717) is 0 Å². The first kappa shape index (κ1) is 17.6. The van der Waals surface area contributed by atoms with Gasteiger partial charge in [0, 0.05) is 23.4 Å². The lowest BCUT2D eigenvalue weighted by molar-refractivity contribution is 0.112. The highest BCUT2D eigenvalue weighted by atomic mass is 16.1. The third-order valence-electron chi connectivity index (χ3n) is 5.17. The Kier molecular flexibility index (Phi) is 5.44. The molecule has 1 aliphatic carbocycles. The SMILES string of the molecule is Cc1cccc(C=O)c1-c1c(C)cccc1C=N[C@@H]1CCCC[C@H]1N. The maximum Gasteiger partial charge on any atom is 0.150 e. The number of rotatable bonds is 4. The highest BCUT2D eigenvalue weighted by molar-refractivity contribution is 5.98. The molecule has 2 aromatic rings. The van der Waals surface area contributed by atoms with Crippen LogP contribution in [0.25, 0.3) is 11.1 Å². The quantitative estimate of drug-likeness (QED) is 0.662. The Morgan fingerprint density at radius 1 is 0.960 bits per heavy atom. The molecule has 3 heteroatoms. The first-order valence-electron chi connectivity index (χ1n) is 9.05. The Morgan fingerprint density at radius 2 is 1.56 bits per heavy atom. The van der Waals surface area contributed by atoms with Gasteiger partial charge in [-0.2, -0.15) is 0 Å². The minimum atomic E-state index is 0.155. The van der Waals surface area contributed by atoms with E-state index in [0.717, 1.165) is 52.5 Å². The van der Waals surface area contributed by atoms with Gasteiger partial charge < -0.3 is 5.73 Å². The summed E-state index contributed by atoms with van der Waals surface area (Å²) >= 11 is 0. The third kappa shape index (κ3) is 3.72. The van der Waals surface area contributed by atoms with E-state index < -0.39 is 0 Å². The number of benzene rings is 2. The number of carbonyl (C=O) groups is 1. The van der Waals surface area contributed by atoms with Crippen molar-refractivity contribution in [3.05, 3.63) is 58.7 Å². The molecule has 0 spiro atoms. The van der Waals surface area contributed by atoms with Gasteiger partial charge in [0.25, 0.3) is 0 Å². The second-order valence-electron chi connectivity index (χ2n) is 6.99. The summed E-state index contributed by atoms with van der Waals surface area (Å²) in [4.78, 5) is 16.4. The molecule has 2 N–H and O–H groups in total. The molecule has 25 heavy (non-hydrogen) atoms. The Labute approximate surface area is 150 Å². The number of nitrogens with two attached hydrogens (primary N) is 1. The second kappa shape index (κ2) is 7.75. The molecule has 0 unspecified atom stereocenters. The molecule has 0 saturated heterocycles. The van der Waals surface area contributed by atoms with Gasteiger partial charge in [-0.1, -0.05) is 49.2 Å². The van der Waals surface area contributed by atoms with E-state index in [1.807, 2.05) is 37.4 Å². The third-order valence-corrected chi connectivity index (χ3v) is 5.17. The van der Waals surface area contributed by atoms with Crippen molar-refractivity contribution >= 4 is 12.5 Å². The smallest absolute Gasteiger partial charge is 0.150 e. The summed E-state index contributed by atoms with van der Waals surface area (Å²) < 4.78 is 0. The fourth-order valence-corrected chi connectivity index (χ4v) is 3.77. The number of aliphatic imine (C=N–C) groups is 1. The van der Waals surface area contributed by atoms with Gasteiger partial charge in [0.05, 0.1) is 6.04 Å². The highest BCUT2D eigenvalue weighted by Crippen LogP contribution is 2.32. The zero-order valence-electron chi connectivity index (χ0n) is 15.0. The average Bonchev–Trinajstić information content (AvgIpc) is 2.61. The summed E-state index contributed by atoms with van der Waals surface area (Å²) in [5, 5.41) is 0. The molecule has 0 aliphatic heterocycles. The van der Waals surface area contributed by atoms with Crippen LogP contribution in [0.3, 0.4) is 0 Å². The van der Waals surface area contributed by atoms with Crippen molar-refractivity contribution in [3.63, 3.8) is 0 Å². The summed E-state index contributed by atoms with van der Waals surface area (Å²) in [5.41, 5.74) is 12.3. The lowest BCUT2D eigenvalue weighted by atomic mass is 9.89. The van der Waals surface area contributed by atoms with Crippen LogP contribution in [0.15, 0.2) is 41.4 Å². The van der Waals surface area contributed by atoms with Gasteiger partial charge in [0.15, 0.2) is 6.29 Å². The largest absolute Gasteiger partial charge is 0.326 e. The summed E-state index contributed by atoms with van der Waals surface area (Å²) in [6, 6.07) is 12.4. The number of aldehydes is 1. The minimum absolute atomic E-state index is 0.155. The number of aryl methyl sites for hydroxylation is 2. The van der Waals surface area contributed by atoms with E-state index in [1.54, 1.807) is 0 Å². The molecule has 1 saturated carbocycles. The Balaban J connectivity index is 2.06. The van der Waals surface area contributed by atoms with Crippen LogP contribution < -0.4 is 5.73 Å². The summed E-state index contributed by atoms with van der Waals surface area (Å²) in [7, 11) is 0. The summed E-state index contributed by atoms with van der Waals surface area (Å²) in [6.45, 7) is 4.13. The van der Waals surface area contributed by atoms with Crippen molar-refractivity contribution in [1.82, 2.24) is 0 Å². The minimum Gasteiger partial charge on any atom is -0.326 e. The van der Waals surface area contributed by atoms with Crippen LogP contribution >= 0.6 is 0 Å². The lowest BCUT2D eigenvalue weighted by Gasteiger charge is -2.25. The normalized spacial score (nSPS) is 20.8. The maximum absolute atomic E-state index is 11.6. The van der Waals surface area contributed by atoms with Crippen LogP contribution in [0.1, 0.15) is 52.7 Å². The topological polar surface area (TPSA) is 55.5 Å². The molecule has 3 nitrogen and oxygen atoms in total. The Hall–Kier alpha value is -2.26. The summed E-state index contributed by atoms with van der Waals surface area (Å²) in [6.07, 6.45) is 7.41. The molecule has 0 aromatic heterocycles. The number of hydrogen-bond donors (Lipinski definition) is 1. The molecule has 130 valence electrons. The first-order valence-corrected chi connectivity index (χ1v) is 9.05. The van der Waals surface area contributed by atoms with Gasteiger partial charge in [-0.3, -0.25) is 9.79 Å². The fourth-order valence-electron chi connectivity index (χ4n) is 3.77. The van der Waals surface area contributed by atoms with Gasteiger partial charge >= 0.3 is 0 Å². The monoisotopic (exact) mass is 334 g/mol. The highest BCUT2D eigenvalue weighted by Gasteiger charge is 2.20. The Bertz CT molecular complexity index is 795. The molecule has 0 amide bonds. The lowest BCUT2D eigenvalue weighted by Crippen LogP contribution is -2.36. The average molecular weight is 334 g/mol. The molecule has 2 atom stereocenters. The fraction of sp³-hybridized carbons (Fsp3) is 0.364. The van der Waals surface area contributed by atoms with Crippen LogP contribution in [0.4, 0.5) is 0 Å². The first-order chi connectivity index (χ1) is 12.1. The summed E-state index contributed by atoms with van der Waals surface area (Å²) in [5.74, 6) is 0. The van der Waals surface area contributed by atoms with Crippen molar-refractivity contribution < 1.29 is 4.79 Å². The zero-order valence-corrected chi connectivity index (χ0v) is 15.0. The second-order valence-corrected chi connectivity index (χ2v) is 6.99. The number of carbonyl (C=O) groups excluding carboxylic acids is 1. The standard InChI is InChI=1S/C22H26N2O/c1-15-7-5-9-17(13-24-20-12-4-3-11-19(20)23)21(15)22-16(2)8-6-10-18(22)14-25/h5-10,13-14,19-20H,3-4,11-12,23H2,1-2H3/t19-,20-/m1/s1. The zero-order chi connectivity index (χ0) is 17.8. The number of nitrogens with zero attached hydrogens (tertiary/aromatic N) is 1. The van der Waals surface area contributed by atoms with Gasteiger partial charge in [-0.05, 0) is 48.9 Å². The van der Waals surface area contributed by atoms with E-state index in [9.17, 15) is 4.79 Å². The van der Waals surface area contributed by atoms with Crippen molar-refractivity contribution in [2.45, 2.75) is 51.6 Å². The molecule has 3 rings (SSSR count). The van der Waals surface area contributed by atoms with Gasteiger partial charge in [-0.25, -0.2) is 0 Å². The van der Waals surface area contributed by atoms with Gasteiger partial charge in [-0.15, -0.1) is 0 Å². The molecule has 1 fully saturated rings. The molecular weight excluding hydrogens is 308 g/mol. The molecule has 1 aliphatic rings. The van der Waals surface area contributed by atoms with Gasteiger partial charge in [0.2, 0.25) is 0 Å². The molecule has 0 bridgehead atoms. The van der Waals surface area contributed by atoms with Crippen LogP contribution in [0.2, 0.25) is 0 Å².